The molecule has 5 rings (SSSR count). The van der Waals surface area contributed by atoms with E-state index in [2.05, 4.69) is 15.6 Å². The Kier molecular flexibility index (Phi) is 7.87. The van der Waals surface area contributed by atoms with E-state index in [-0.39, 0.29) is 12.1 Å². The molecule has 2 aromatic heterocycles. The van der Waals surface area contributed by atoms with Crippen LogP contribution in [0.1, 0.15) is 42.4 Å². The van der Waals surface area contributed by atoms with Crippen molar-refractivity contribution in [2.45, 2.75) is 57.0 Å². The molecule has 1 saturated carbocycles. The zero-order chi connectivity index (χ0) is 27.4. The van der Waals surface area contributed by atoms with Crippen LogP contribution in [0.4, 0.5) is 24.9 Å². The summed E-state index contributed by atoms with van der Waals surface area (Å²) < 4.78 is 46.0. The number of aliphatic hydroxyl groups is 1. The van der Waals surface area contributed by atoms with E-state index in [4.69, 9.17) is 14.7 Å². The van der Waals surface area contributed by atoms with Gasteiger partial charge in [-0.3, -0.25) is 0 Å². The highest BCUT2D eigenvalue weighted by Gasteiger charge is 2.30. The number of methoxy groups -OCH3 is 1. The minimum atomic E-state index is -4.38. The molecule has 2 aromatic carbocycles. The number of fused-ring (bicyclic) bond motifs is 1. The van der Waals surface area contributed by atoms with Crippen LogP contribution in [0.2, 0.25) is 0 Å². The molecule has 0 spiro atoms. The molecule has 0 unspecified atom stereocenters. The van der Waals surface area contributed by atoms with Crippen molar-refractivity contribution in [1.29, 1.82) is 0 Å². The predicted molar refractivity (Wildman–Crippen MR) is 143 cm³/mol. The normalized spacial score (nSPS) is 17.8. The lowest BCUT2D eigenvalue weighted by atomic mass is 9.93. The maximum absolute atomic E-state index is 13.0. The zero-order valence-corrected chi connectivity index (χ0v) is 21.6. The average molecular weight is 541 g/mol. The van der Waals surface area contributed by atoms with Gasteiger partial charge in [-0.15, -0.1) is 0 Å². The number of rotatable bonds is 9. The molecule has 206 valence electrons. The van der Waals surface area contributed by atoms with Gasteiger partial charge in [0.2, 0.25) is 5.95 Å². The first-order valence-electron chi connectivity index (χ1n) is 13.0. The molecule has 3 N–H and O–H groups in total. The minimum Gasteiger partial charge on any atom is -0.497 e. The molecule has 8 nitrogen and oxygen atoms in total. The lowest BCUT2D eigenvalue weighted by Gasteiger charge is -2.26. The third-order valence-electron chi connectivity index (χ3n) is 6.99. The number of imidazole rings is 1. The van der Waals surface area contributed by atoms with Crippen LogP contribution in [0.25, 0.3) is 11.2 Å². The van der Waals surface area contributed by atoms with Gasteiger partial charge in [-0.2, -0.15) is 23.1 Å². The number of nitrogens with one attached hydrogen (secondary N) is 2. The molecule has 0 bridgehead atoms. The molecule has 0 aliphatic heterocycles. The Morgan fingerprint density at radius 3 is 2.33 bits per heavy atom. The van der Waals surface area contributed by atoms with Crippen LogP contribution in [-0.2, 0) is 19.1 Å². The summed E-state index contributed by atoms with van der Waals surface area (Å²) in [5, 5.41) is 16.7. The number of alkyl halides is 3. The third-order valence-corrected chi connectivity index (χ3v) is 6.99. The third kappa shape index (κ3) is 6.59. The summed E-state index contributed by atoms with van der Waals surface area (Å²) in [6.07, 6.45) is 0.804. The zero-order valence-electron chi connectivity index (χ0n) is 21.6. The SMILES string of the molecule is COc1ccc(CCNc2nc(NC3CCC(O)CC3)nc3c2ncn3Cc2ccc(C(F)(F)F)cc2)cc1. The van der Waals surface area contributed by atoms with Crippen molar-refractivity contribution in [1.82, 2.24) is 19.5 Å². The molecule has 1 aliphatic carbocycles. The van der Waals surface area contributed by atoms with Gasteiger partial charge in [0.15, 0.2) is 17.0 Å². The van der Waals surface area contributed by atoms with Gasteiger partial charge in [0.1, 0.15) is 5.75 Å². The summed E-state index contributed by atoms with van der Waals surface area (Å²) in [5.74, 6) is 1.83. The summed E-state index contributed by atoms with van der Waals surface area (Å²) >= 11 is 0. The van der Waals surface area contributed by atoms with E-state index in [0.29, 0.717) is 41.6 Å². The van der Waals surface area contributed by atoms with Crippen molar-refractivity contribution in [3.63, 3.8) is 0 Å². The van der Waals surface area contributed by atoms with Crippen molar-refractivity contribution in [2.75, 3.05) is 24.3 Å². The van der Waals surface area contributed by atoms with Crippen LogP contribution in [0.5, 0.6) is 5.75 Å². The van der Waals surface area contributed by atoms with Gasteiger partial charge in [0, 0.05) is 12.6 Å². The molecule has 0 amide bonds. The number of anilines is 2. The Bertz CT molecular complexity index is 1380. The van der Waals surface area contributed by atoms with Gasteiger partial charge >= 0.3 is 6.18 Å². The smallest absolute Gasteiger partial charge is 0.416 e. The number of benzene rings is 2. The van der Waals surface area contributed by atoms with Gasteiger partial charge in [-0.1, -0.05) is 24.3 Å². The van der Waals surface area contributed by atoms with Crippen LogP contribution in [0.3, 0.4) is 0 Å². The Labute approximate surface area is 224 Å². The van der Waals surface area contributed by atoms with Crippen molar-refractivity contribution < 1.29 is 23.0 Å². The van der Waals surface area contributed by atoms with Crippen LogP contribution < -0.4 is 15.4 Å². The first kappa shape index (κ1) is 26.7. The first-order valence-corrected chi connectivity index (χ1v) is 13.0. The maximum atomic E-state index is 13.0. The maximum Gasteiger partial charge on any atom is 0.416 e. The first-order chi connectivity index (χ1) is 18.8. The molecule has 0 saturated heterocycles. The van der Waals surface area contributed by atoms with E-state index in [1.165, 1.54) is 12.1 Å². The molecule has 1 aliphatic rings. The summed E-state index contributed by atoms with van der Waals surface area (Å²) in [4.78, 5) is 14.0. The highest BCUT2D eigenvalue weighted by Crippen LogP contribution is 2.30. The highest BCUT2D eigenvalue weighted by molar-refractivity contribution is 5.84. The Balaban J connectivity index is 1.38. The Hall–Kier alpha value is -3.86. The predicted octanol–water partition coefficient (Wildman–Crippen LogP) is 5.27. The van der Waals surface area contributed by atoms with Gasteiger partial charge in [0.05, 0.1) is 31.6 Å². The molecule has 2 heterocycles. The van der Waals surface area contributed by atoms with E-state index >= 15 is 0 Å². The number of ether oxygens (including phenoxy) is 1. The van der Waals surface area contributed by atoms with Crippen molar-refractivity contribution >= 4 is 22.9 Å². The highest BCUT2D eigenvalue weighted by atomic mass is 19.4. The number of aromatic nitrogens is 4. The summed E-state index contributed by atoms with van der Waals surface area (Å²) in [5.41, 5.74) is 2.32. The van der Waals surface area contributed by atoms with Crippen LogP contribution in [0.15, 0.2) is 54.9 Å². The van der Waals surface area contributed by atoms with Gasteiger partial charge in [-0.25, -0.2) is 4.98 Å². The lowest BCUT2D eigenvalue weighted by Crippen LogP contribution is -2.29. The minimum absolute atomic E-state index is 0.143. The van der Waals surface area contributed by atoms with Crippen LogP contribution in [0, 0.1) is 0 Å². The number of nitrogens with zero attached hydrogens (tertiary/aromatic N) is 4. The monoisotopic (exact) mass is 540 g/mol. The fourth-order valence-electron chi connectivity index (χ4n) is 4.76. The lowest BCUT2D eigenvalue weighted by molar-refractivity contribution is -0.137. The molecular formula is C28H31F3N6O2. The summed E-state index contributed by atoms with van der Waals surface area (Å²) in [6.45, 7) is 0.922. The number of hydrogen-bond donors (Lipinski definition) is 3. The van der Waals surface area contributed by atoms with Crippen LogP contribution in [-0.4, -0.2) is 50.4 Å². The molecule has 39 heavy (non-hydrogen) atoms. The fraction of sp³-hybridized carbons (Fsp3) is 0.393. The van der Waals surface area contributed by atoms with Crippen molar-refractivity contribution in [2.24, 2.45) is 0 Å². The van der Waals surface area contributed by atoms with E-state index < -0.39 is 11.7 Å². The quantitative estimate of drug-likeness (QED) is 0.266. The van der Waals surface area contributed by atoms with Gasteiger partial charge < -0.3 is 25.0 Å². The van der Waals surface area contributed by atoms with Crippen LogP contribution >= 0.6 is 0 Å². The van der Waals surface area contributed by atoms with E-state index in [1.807, 2.05) is 28.8 Å². The largest absolute Gasteiger partial charge is 0.497 e. The second-order valence-corrected chi connectivity index (χ2v) is 9.81. The topological polar surface area (TPSA) is 97.1 Å². The standard InChI is InChI=1S/C28H31F3N6O2/c1-39-23-12-4-18(5-13-23)14-15-32-25-24-26(36-27(35-25)34-21-8-10-22(38)11-9-21)37(17-33-24)16-19-2-6-20(7-3-19)28(29,30)31/h2-7,12-13,17,21-22,38H,8-11,14-16H2,1H3,(H2,32,34,35,36). The average Bonchev–Trinajstić information content (AvgIpc) is 3.33. The Morgan fingerprint density at radius 1 is 0.974 bits per heavy atom. The molecule has 0 radical (unpaired) electrons. The second-order valence-electron chi connectivity index (χ2n) is 9.81. The second kappa shape index (κ2) is 11.5. The molecule has 4 aromatic rings. The van der Waals surface area contributed by atoms with E-state index in [1.54, 1.807) is 13.4 Å². The Morgan fingerprint density at radius 2 is 1.67 bits per heavy atom. The molecule has 0 atom stereocenters. The van der Waals surface area contributed by atoms with Crippen molar-refractivity contribution in [3.8, 4) is 5.75 Å². The molecular weight excluding hydrogens is 509 g/mol. The summed E-state index contributed by atoms with van der Waals surface area (Å²) in [7, 11) is 1.63. The molecule has 11 heteroatoms. The van der Waals surface area contributed by atoms with Crippen molar-refractivity contribution in [3.05, 3.63) is 71.5 Å². The van der Waals surface area contributed by atoms with E-state index in [0.717, 1.165) is 55.5 Å². The van der Waals surface area contributed by atoms with E-state index in [9.17, 15) is 18.3 Å². The summed E-state index contributed by atoms with van der Waals surface area (Å²) in [6, 6.07) is 13.1. The molecule has 1 fully saturated rings. The van der Waals surface area contributed by atoms with Gasteiger partial charge in [-0.05, 0) is 67.5 Å². The van der Waals surface area contributed by atoms with Gasteiger partial charge in [0.25, 0.3) is 0 Å². The number of hydrogen-bond acceptors (Lipinski definition) is 7. The number of aliphatic hydroxyl groups excluding tert-OH is 1. The fourth-order valence-corrected chi connectivity index (χ4v) is 4.76. The number of halogens is 3.